The minimum atomic E-state index is -0.406. The number of rotatable bonds is 8. The molecule has 1 atom stereocenters. The molecule has 0 saturated heterocycles. The van der Waals surface area contributed by atoms with Crippen LogP contribution in [0, 0.1) is 0 Å². The summed E-state index contributed by atoms with van der Waals surface area (Å²) in [5.41, 5.74) is 2.30. The van der Waals surface area contributed by atoms with Crippen molar-refractivity contribution in [2.75, 3.05) is 27.4 Å². The summed E-state index contributed by atoms with van der Waals surface area (Å²) in [7, 11) is 3.24. The SMILES string of the molecule is COCCCNC(=O)c1cc2c(c(OC)c1)O[C@](C)(Cc1ccc(Cl)cc1)C2. The first kappa shape index (κ1) is 20.5. The number of carbonyl (C=O) groups excluding carboxylic acids is 1. The van der Waals surface area contributed by atoms with Crippen molar-refractivity contribution in [1.29, 1.82) is 0 Å². The molecule has 1 N–H and O–H groups in total. The molecule has 0 bridgehead atoms. The number of nitrogens with one attached hydrogen (secondary N) is 1. The third kappa shape index (κ3) is 4.78. The molecule has 28 heavy (non-hydrogen) atoms. The molecule has 6 heteroatoms. The summed E-state index contributed by atoms with van der Waals surface area (Å²) in [6.45, 7) is 3.26. The van der Waals surface area contributed by atoms with Crippen LogP contribution < -0.4 is 14.8 Å². The van der Waals surface area contributed by atoms with Crippen molar-refractivity contribution in [3.8, 4) is 11.5 Å². The van der Waals surface area contributed by atoms with Crippen LogP contribution in [0.3, 0.4) is 0 Å². The molecular weight excluding hydrogens is 378 g/mol. The van der Waals surface area contributed by atoms with Gasteiger partial charge in [0.1, 0.15) is 5.60 Å². The molecule has 0 radical (unpaired) electrons. The zero-order valence-corrected chi connectivity index (χ0v) is 17.3. The monoisotopic (exact) mass is 403 g/mol. The highest BCUT2D eigenvalue weighted by Gasteiger charge is 2.37. The average molecular weight is 404 g/mol. The predicted octanol–water partition coefficient (Wildman–Crippen LogP) is 4.05. The standard InChI is InChI=1S/C22H26ClNO4/c1-22(13-15-5-7-18(23)8-6-15)14-17-11-16(12-19(27-3)20(17)28-22)21(25)24-9-4-10-26-2/h5-8,11-12H,4,9-10,13-14H2,1-3H3,(H,24,25)/t22-/m1/s1. The third-order valence-electron chi connectivity index (χ3n) is 4.83. The lowest BCUT2D eigenvalue weighted by molar-refractivity contribution is 0.0948. The van der Waals surface area contributed by atoms with E-state index in [1.165, 1.54) is 0 Å². The van der Waals surface area contributed by atoms with E-state index in [1.54, 1.807) is 20.3 Å². The Bertz CT molecular complexity index is 837. The number of methoxy groups -OCH3 is 2. The number of ether oxygens (including phenoxy) is 3. The average Bonchev–Trinajstić information content (AvgIpc) is 3.02. The first-order chi connectivity index (χ1) is 13.4. The normalized spacial score (nSPS) is 17.7. The van der Waals surface area contributed by atoms with Crippen LogP contribution in [0.15, 0.2) is 36.4 Å². The van der Waals surface area contributed by atoms with Crippen LogP contribution in [0.5, 0.6) is 11.5 Å². The highest BCUT2D eigenvalue weighted by molar-refractivity contribution is 6.30. The molecule has 150 valence electrons. The molecule has 5 nitrogen and oxygen atoms in total. The Morgan fingerprint density at radius 2 is 2.00 bits per heavy atom. The summed E-state index contributed by atoms with van der Waals surface area (Å²) in [6.07, 6.45) is 2.21. The first-order valence-electron chi connectivity index (χ1n) is 9.35. The zero-order chi connectivity index (χ0) is 20.1. The number of fused-ring (bicyclic) bond motifs is 1. The molecule has 0 fully saturated rings. The van der Waals surface area contributed by atoms with Crippen molar-refractivity contribution in [1.82, 2.24) is 5.32 Å². The molecule has 1 heterocycles. The maximum Gasteiger partial charge on any atom is 0.251 e. The van der Waals surface area contributed by atoms with Gasteiger partial charge in [0.2, 0.25) is 0 Å². The Kier molecular flexibility index (Phi) is 6.47. The second-order valence-corrected chi connectivity index (χ2v) is 7.74. The molecule has 1 aliphatic rings. The minimum absolute atomic E-state index is 0.122. The van der Waals surface area contributed by atoms with E-state index in [0.717, 1.165) is 29.7 Å². The van der Waals surface area contributed by atoms with Gasteiger partial charge in [-0.1, -0.05) is 23.7 Å². The Hall–Kier alpha value is -2.24. The van der Waals surface area contributed by atoms with Crippen molar-refractivity contribution in [3.63, 3.8) is 0 Å². The number of hydrogen-bond acceptors (Lipinski definition) is 4. The summed E-state index contributed by atoms with van der Waals surface area (Å²) in [6, 6.07) is 11.4. The van der Waals surface area contributed by atoms with Crippen LogP contribution in [0.2, 0.25) is 5.02 Å². The van der Waals surface area contributed by atoms with Crippen LogP contribution in [0.4, 0.5) is 0 Å². The second-order valence-electron chi connectivity index (χ2n) is 7.30. The summed E-state index contributed by atoms with van der Waals surface area (Å²) in [4.78, 5) is 12.5. The second kappa shape index (κ2) is 8.84. The highest BCUT2D eigenvalue weighted by Crippen LogP contribution is 2.44. The lowest BCUT2D eigenvalue weighted by Gasteiger charge is -2.24. The van der Waals surface area contributed by atoms with Crippen LogP contribution in [-0.4, -0.2) is 38.9 Å². The van der Waals surface area contributed by atoms with Gasteiger partial charge in [-0.05, 0) is 43.2 Å². The smallest absolute Gasteiger partial charge is 0.251 e. The number of halogens is 1. The molecule has 2 aromatic carbocycles. The van der Waals surface area contributed by atoms with Crippen molar-refractivity contribution < 1.29 is 19.0 Å². The van der Waals surface area contributed by atoms with Gasteiger partial charge in [-0.2, -0.15) is 0 Å². The fourth-order valence-electron chi connectivity index (χ4n) is 3.53. The molecule has 3 rings (SSSR count). The van der Waals surface area contributed by atoms with Crippen LogP contribution in [0.25, 0.3) is 0 Å². The minimum Gasteiger partial charge on any atom is -0.493 e. The Balaban J connectivity index is 1.76. The fraction of sp³-hybridized carbons (Fsp3) is 0.409. The van der Waals surface area contributed by atoms with Gasteiger partial charge in [0.05, 0.1) is 7.11 Å². The van der Waals surface area contributed by atoms with Gasteiger partial charge in [0.25, 0.3) is 5.91 Å². The van der Waals surface area contributed by atoms with E-state index in [1.807, 2.05) is 30.3 Å². The molecule has 1 aliphatic heterocycles. The number of carbonyl (C=O) groups is 1. The summed E-state index contributed by atoms with van der Waals surface area (Å²) >= 11 is 5.98. The van der Waals surface area contributed by atoms with Crippen molar-refractivity contribution >= 4 is 17.5 Å². The molecule has 0 spiro atoms. The molecular formula is C22H26ClNO4. The van der Waals surface area contributed by atoms with Gasteiger partial charge in [-0.25, -0.2) is 0 Å². The van der Waals surface area contributed by atoms with Crippen LogP contribution in [0.1, 0.15) is 34.8 Å². The third-order valence-corrected chi connectivity index (χ3v) is 5.08. The lowest BCUT2D eigenvalue weighted by atomic mass is 9.91. The first-order valence-corrected chi connectivity index (χ1v) is 9.73. The van der Waals surface area contributed by atoms with E-state index in [0.29, 0.717) is 35.9 Å². The van der Waals surface area contributed by atoms with Crippen molar-refractivity contribution in [2.24, 2.45) is 0 Å². The van der Waals surface area contributed by atoms with Crippen molar-refractivity contribution in [2.45, 2.75) is 31.8 Å². The van der Waals surface area contributed by atoms with E-state index in [9.17, 15) is 4.79 Å². The van der Waals surface area contributed by atoms with Crippen LogP contribution in [-0.2, 0) is 17.6 Å². The molecule has 1 amide bonds. The largest absolute Gasteiger partial charge is 0.493 e. The quantitative estimate of drug-likeness (QED) is 0.675. The van der Waals surface area contributed by atoms with Gasteiger partial charge < -0.3 is 19.5 Å². The number of benzene rings is 2. The van der Waals surface area contributed by atoms with E-state index in [-0.39, 0.29) is 5.91 Å². The Morgan fingerprint density at radius 3 is 2.68 bits per heavy atom. The molecule has 0 unspecified atom stereocenters. The van der Waals surface area contributed by atoms with Gasteiger partial charge in [-0.15, -0.1) is 0 Å². The van der Waals surface area contributed by atoms with Gasteiger partial charge in [0, 0.05) is 49.3 Å². The topological polar surface area (TPSA) is 56.8 Å². The maximum absolute atomic E-state index is 12.5. The highest BCUT2D eigenvalue weighted by atomic mass is 35.5. The summed E-state index contributed by atoms with van der Waals surface area (Å²) < 4.78 is 16.8. The molecule has 0 saturated carbocycles. The van der Waals surface area contributed by atoms with E-state index in [2.05, 4.69) is 12.2 Å². The number of amides is 1. The summed E-state index contributed by atoms with van der Waals surface area (Å²) in [5.74, 6) is 1.18. The summed E-state index contributed by atoms with van der Waals surface area (Å²) in [5, 5.41) is 3.63. The van der Waals surface area contributed by atoms with E-state index in [4.69, 9.17) is 25.8 Å². The molecule has 0 aliphatic carbocycles. The maximum atomic E-state index is 12.5. The van der Waals surface area contributed by atoms with Crippen LogP contribution >= 0.6 is 11.6 Å². The van der Waals surface area contributed by atoms with Gasteiger partial charge in [-0.3, -0.25) is 4.79 Å². The zero-order valence-electron chi connectivity index (χ0n) is 16.5. The van der Waals surface area contributed by atoms with Gasteiger partial charge in [0.15, 0.2) is 11.5 Å². The molecule has 2 aromatic rings. The van der Waals surface area contributed by atoms with E-state index < -0.39 is 5.60 Å². The lowest BCUT2D eigenvalue weighted by Crippen LogP contribution is -2.32. The number of hydrogen-bond donors (Lipinski definition) is 1. The molecule has 0 aromatic heterocycles. The predicted molar refractivity (Wildman–Crippen MR) is 110 cm³/mol. The Labute approximate surface area is 170 Å². The van der Waals surface area contributed by atoms with E-state index >= 15 is 0 Å². The van der Waals surface area contributed by atoms with Crippen molar-refractivity contribution in [3.05, 3.63) is 58.1 Å². The fourth-order valence-corrected chi connectivity index (χ4v) is 3.65. The Morgan fingerprint density at radius 1 is 1.25 bits per heavy atom. The van der Waals surface area contributed by atoms with Gasteiger partial charge >= 0.3 is 0 Å².